The fraction of sp³-hybridized carbons (Fsp3) is 0.926. The molecule has 0 saturated heterocycles. The van der Waals surface area contributed by atoms with Gasteiger partial charge >= 0.3 is 61.8 Å². The third-order valence-corrected chi connectivity index (χ3v) is 10.3. The number of allylic oxidation sites excluding steroid dienone is 1. The van der Waals surface area contributed by atoms with E-state index < -0.39 is 10.4 Å². The Balaban J connectivity index is 0.000000798. The molecular weight excluding hydrogens is 475 g/mol. The maximum Gasteiger partial charge on any atom is 1.00 e. The van der Waals surface area contributed by atoms with Crippen molar-refractivity contribution < 1.29 is 75.4 Å². The molecular formula is C27H49KO5S. The van der Waals surface area contributed by atoms with Crippen LogP contribution in [0.25, 0.3) is 0 Å². The quantitative estimate of drug-likeness (QED) is 0.288. The molecule has 0 amide bonds. The second kappa shape index (κ2) is 12.4. The van der Waals surface area contributed by atoms with Crippen LogP contribution >= 0.6 is 0 Å². The van der Waals surface area contributed by atoms with Crippen LogP contribution in [0.2, 0.25) is 0 Å². The summed E-state index contributed by atoms with van der Waals surface area (Å²) in [7, 11) is -4.67. The Labute approximate surface area is 252 Å². The van der Waals surface area contributed by atoms with Crippen LogP contribution in [-0.4, -0.2) is 28.7 Å². The molecule has 4 rings (SSSR count). The van der Waals surface area contributed by atoms with Crippen LogP contribution in [0.1, 0.15) is 107 Å². The Kier molecular flexibility index (Phi) is 11.4. The van der Waals surface area contributed by atoms with E-state index in [9.17, 15) is 5.11 Å². The van der Waals surface area contributed by atoms with Crippen molar-refractivity contribution in [2.45, 2.75) is 111 Å². The van der Waals surface area contributed by atoms with Crippen molar-refractivity contribution in [3.8, 4) is 0 Å². The monoisotopic (exact) mass is 524 g/mol. The average molecular weight is 525 g/mol. The fourth-order valence-corrected chi connectivity index (χ4v) is 8.67. The standard InChI is InChI=1S/C27H46O.K.H2O4S.H/c1-18(2)7-6-8-19(3)23-11-12-24-22-10-9-20-17-21(28)13-15-26(20,4)25(22)14-16-27(23,24)5;;1-5(2,3)4;/h9,18-19,21-25,28H,6-8,10-17H2,1-5H3;;(H2,1,2,3,4);/q;+1;;-1/t19-,21+,22+,23-,24+,25+,26+,27-;;;/m1.../s1. The van der Waals surface area contributed by atoms with Crippen LogP contribution in [0.3, 0.4) is 0 Å². The minimum absolute atomic E-state index is 0. The molecule has 0 heterocycles. The minimum Gasteiger partial charge on any atom is -1.00 e. The van der Waals surface area contributed by atoms with Crippen LogP contribution in [-0.2, 0) is 10.4 Å². The largest absolute Gasteiger partial charge is 1.00 e. The van der Waals surface area contributed by atoms with Gasteiger partial charge in [0.05, 0.1) is 6.10 Å². The Hall–Kier alpha value is 1.21. The third-order valence-electron chi connectivity index (χ3n) is 10.3. The molecule has 34 heavy (non-hydrogen) atoms. The summed E-state index contributed by atoms with van der Waals surface area (Å²) in [6.07, 6.45) is 17.2. The van der Waals surface area contributed by atoms with Gasteiger partial charge in [0.25, 0.3) is 0 Å². The number of aliphatic hydroxyl groups excluding tert-OH is 1. The van der Waals surface area contributed by atoms with E-state index in [1.165, 1.54) is 57.8 Å². The van der Waals surface area contributed by atoms with Gasteiger partial charge in [-0.25, -0.2) is 0 Å². The number of aliphatic hydroxyl groups is 1. The predicted octanol–water partition coefficient (Wildman–Crippen LogP) is 3.85. The molecule has 8 atom stereocenters. The summed E-state index contributed by atoms with van der Waals surface area (Å²) in [5, 5.41) is 10.2. The molecule has 0 unspecified atom stereocenters. The molecule has 3 N–H and O–H groups in total. The van der Waals surface area contributed by atoms with Crippen LogP contribution in [0.4, 0.5) is 0 Å². The second-order valence-corrected chi connectivity index (χ2v) is 13.5. The summed E-state index contributed by atoms with van der Waals surface area (Å²) in [4.78, 5) is 0. The van der Waals surface area contributed by atoms with Crippen LogP contribution in [0, 0.1) is 46.3 Å². The van der Waals surface area contributed by atoms with Gasteiger partial charge in [0.2, 0.25) is 0 Å². The maximum atomic E-state index is 10.2. The van der Waals surface area contributed by atoms with Gasteiger partial charge < -0.3 is 6.53 Å². The first kappa shape index (κ1) is 31.4. The van der Waals surface area contributed by atoms with E-state index in [0.29, 0.717) is 10.8 Å². The number of rotatable bonds is 5. The van der Waals surface area contributed by atoms with Gasteiger partial charge in [0, 0.05) is 0 Å². The van der Waals surface area contributed by atoms with Gasteiger partial charge in [-0.1, -0.05) is 65.5 Å². The number of fused-ring (bicyclic) bond motifs is 5. The maximum absolute atomic E-state index is 10.2. The zero-order valence-electron chi connectivity index (χ0n) is 23.5. The van der Waals surface area contributed by atoms with E-state index >= 15 is 0 Å². The van der Waals surface area contributed by atoms with E-state index in [-0.39, 0.29) is 58.9 Å². The summed E-state index contributed by atoms with van der Waals surface area (Å²) in [5.74, 6) is 5.46. The van der Waals surface area contributed by atoms with Crippen molar-refractivity contribution in [3.05, 3.63) is 11.6 Å². The van der Waals surface area contributed by atoms with Gasteiger partial charge in [-0.05, 0) is 97.7 Å². The first-order valence-corrected chi connectivity index (χ1v) is 14.7. The normalized spacial score (nSPS) is 40.0. The predicted molar refractivity (Wildman–Crippen MR) is 134 cm³/mol. The summed E-state index contributed by atoms with van der Waals surface area (Å²) < 4.78 is 31.6. The van der Waals surface area contributed by atoms with E-state index in [1.54, 1.807) is 5.57 Å². The molecule has 0 aromatic rings. The molecule has 0 aromatic heterocycles. The van der Waals surface area contributed by atoms with Crippen molar-refractivity contribution in [2.75, 3.05) is 0 Å². The minimum atomic E-state index is -4.67. The average Bonchev–Trinajstić information content (AvgIpc) is 3.04. The van der Waals surface area contributed by atoms with Gasteiger partial charge in [-0.2, -0.15) is 8.42 Å². The molecule has 0 aromatic carbocycles. The summed E-state index contributed by atoms with van der Waals surface area (Å²) >= 11 is 0. The molecule has 4 aliphatic rings. The molecule has 0 bridgehead atoms. The van der Waals surface area contributed by atoms with Gasteiger partial charge in [-0.15, -0.1) is 0 Å². The smallest absolute Gasteiger partial charge is 1.00 e. The zero-order valence-corrected chi connectivity index (χ0v) is 26.4. The molecule has 5 nitrogen and oxygen atoms in total. The molecule has 0 radical (unpaired) electrons. The van der Waals surface area contributed by atoms with Crippen molar-refractivity contribution >= 4 is 10.4 Å². The first-order valence-electron chi connectivity index (χ1n) is 13.3. The van der Waals surface area contributed by atoms with E-state index in [1.807, 2.05) is 0 Å². The molecule has 194 valence electrons. The van der Waals surface area contributed by atoms with Gasteiger partial charge in [0.15, 0.2) is 0 Å². The van der Waals surface area contributed by atoms with E-state index in [4.69, 9.17) is 17.5 Å². The van der Waals surface area contributed by atoms with Crippen molar-refractivity contribution in [2.24, 2.45) is 46.3 Å². The summed E-state index contributed by atoms with van der Waals surface area (Å²) in [6.45, 7) is 12.6. The molecule has 0 spiro atoms. The molecule has 0 aliphatic heterocycles. The van der Waals surface area contributed by atoms with Gasteiger partial charge in [-0.3, -0.25) is 9.11 Å². The number of hydrogen-bond donors (Lipinski definition) is 3. The number of hydrogen-bond acceptors (Lipinski definition) is 3. The van der Waals surface area contributed by atoms with E-state index in [0.717, 1.165) is 48.3 Å². The molecule has 3 saturated carbocycles. The van der Waals surface area contributed by atoms with E-state index in [2.05, 4.69) is 40.7 Å². The van der Waals surface area contributed by atoms with Crippen LogP contribution in [0.5, 0.6) is 0 Å². The first-order chi connectivity index (χ1) is 15.3. The van der Waals surface area contributed by atoms with Crippen molar-refractivity contribution in [3.63, 3.8) is 0 Å². The summed E-state index contributed by atoms with van der Waals surface area (Å²) in [5.41, 5.74) is 2.60. The summed E-state index contributed by atoms with van der Waals surface area (Å²) in [6, 6.07) is 0. The molecule has 3 fully saturated rings. The third kappa shape index (κ3) is 7.19. The Morgan fingerprint density at radius 2 is 1.68 bits per heavy atom. The Morgan fingerprint density at radius 1 is 1.03 bits per heavy atom. The molecule has 7 heteroatoms. The Morgan fingerprint density at radius 3 is 2.29 bits per heavy atom. The zero-order chi connectivity index (χ0) is 24.6. The SMILES string of the molecule is CC(C)CCC[C@@H](C)[C@H]1CC[C@H]2[C@@H]3CC=C4C[C@@H](O)CC[C@]4(C)[C@H]3CC[C@]12C.O=S(=O)(O)O.[H-].[K+]. The topological polar surface area (TPSA) is 94.8 Å². The van der Waals surface area contributed by atoms with Crippen molar-refractivity contribution in [1.82, 2.24) is 0 Å². The molecule has 4 aliphatic carbocycles. The second-order valence-electron chi connectivity index (χ2n) is 12.6. The van der Waals surface area contributed by atoms with Gasteiger partial charge in [0.1, 0.15) is 0 Å². The van der Waals surface area contributed by atoms with Crippen LogP contribution < -0.4 is 51.4 Å². The Bertz CT molecular complexity index is 810. The van der Waals surface area contributed by atoms with Crippen molar-refractivity contribution in [1.29, 1.82) is 0 Å². The fourth-order valence-electron chi connectivity index (χ4n) is 8.67. The van der Waals surface area contributed by atoms with Crippen LogP contribution in [0.15, 0.2) is 11.6 Å².